The number of halogens is 2. The predicted octanol–water partition coefficient (Wildman–Crippen LogP) is 5.40. The Balaban J connectivity index is 1.63. The minimum atomic E-state index is -1.11. The quantitative estimate of drug-likeness (QED) is 0.405. The van der Waals surface area contributed by atoms with E-state index in [1.807, 2.05) is 42.5 Å². The summed E-state index contributed by atoms with van der Waals surface area (Å²) in [4.78, 5) is 38.1. The maximum absolute atomic E-state index is 12.8. The number of benzene rings is 3. The number of fused-ring (bicyclic) bond motifs is 1. The van der Waals surface area contributed by atoms with Crippen molar-refractivity contribution in [3.8, 4) is 0 Å². The summed E-state index contributed by atoms with van der Waals surface area (Å²) in [6, 6.07) is 17.3. The normalized spacial score (nSPS) is 12.8. The lowest BCUT2D eigenvalue weighted by molar-refractivity contribution is -0.157. The molecule has 3 aromatic carbocycles. The van der Waals surface area contributed by atoms with Crippen LogP contribution in [-0.4, -0.2) is 29.9 Å². The van der Waals surface area contributed by atoms with Crippen molar-refractivity contribution >= 4 is 57.4 Å². The number of carbonyl (C=O) groups excluding carboxylic acids is 3. The van der Waals surface area contributed by atoms with E-state index in [0.717, 1.165) is 16.3 Å². The van der Waals surface area contributed by atoms with E-state index < -0.39 is 24.0 Å². The summed E-state index contributed by atoms with van der Waals surface area (Å²) in [5, 5.41) is 8.07. The van der Waals surface area contributed by atoms with Crippen LogP contribution in [0.25, 0.3) is 10.8 Å². The van der Waals surface area contributed by atoms with Gasteiger partial charge in [-0.2, -0.15) is 0 Å². The van der Waals surface area contributed by atoms with E-state index in [2.05, 4.69) is 10.6 Å². The summed E-state index contributed by atoms with van der Waals surface area (Å²) in [6.45, 7) is 5.03. The van der Waals surface area contributed by atoms with Gasteiger partial charge < -0.3 is 15.4 Å². The Hall–Kier alpha value is -3.09. The second-order valence-corrected chi connectivity index (χ2v) is 9.14. The van der Waals surface area contributed by atoms with Crippen molar-refractivity contribution in [3.63, 3.8) is 0 Å². The topological polar surface area (TPSA) is 84.5 Å². The first-order valence-electron chi connectivity index (χ1n) is 10.9. The number of rotatable bonds is 8. The second kappa shape index (κ2) is 11.4. The van der Waals surface area contributed by atoms with Crippen LogP contribution in [0.2, 0.25) is 10.0 Å². The van der Waals surface area contributed by atoms with Crippen LogP contribution in [0.15, 0.2) is 60.7 Å². The molecule has 0 aliphatic carbocycles. The van der Waals surface area contributed by atoms with Gasteiger partial charge in [0, 0.05) is 5.02 Å². The Morgan fingerprint density at radius 3 is 2.38 bits per heavy atom. The van der Waals surface area contributed by atoms with Crippen LogP contribution >= 0.6 is 23.2 Å². The molecule has 0 spiro atoms. The molecule has 0 radical (unpaired) electrons. The summed E-state index contributed by atoms with van der Waals surface area (Å²) < 4.78 is 5.36. The van der Waals surface area contributed by atoms with E-state index in [0.29, 0.717) is 15.7 Å². The molecular formula is C26H26Cl2N2O4. The molecular weight excluding hydrogens is 475 g/mol. The zero-order valence-electron chi connectivity index (χ0n) is 19.1. The summed E-state index contributed by atoms with van der Waals surface area (Å²) >= 11 is 12.0. The van der Waals surface area contributed by atoms with Crippen molar-refractivity contribution in [2.24, 2.45) is 5.92 Å². The minimum Gasteiger partial charge on any atom is -0.451 e. The first-order valence-corrected chi connectivity index (χ1v) is 11.6. The molecule has 0 aliphatic rings. The number of esters is 1. The van der Waals surface area contributed by atoms with Gasteiger partial charge in [-0.1, -0.05) is 79.5 Å². The van der Waals surface area contributed by atoms with Gasteiger partial charge in [0.05, 0.1) is 17.1 Å². The fourth-order valence-electron chi connectivity index (χ4n) is 3.47. The molecule has 34 heavy (non-hydrogen) atoms. The van der Waals surface area contributed by atoms with Crippen LogP contribution in [0.4, 0.5) is 5.69 Å². The first-order chi connectivity index (χ1) is 16.2. The molecule has 3 rings (SSSR count). The highest BCUT2D eigenvalue weighted by Gasteiger charge is 2.29. The van der Waals surface area contributed by atoms with E-state index >= 15 is 0 Å². The molecule has 2 N–H and O–H groups in total. The minimum absolute atomic E-state index is 0.112. The van der Waals surface area contributed by atoms with Gasteiger partial charge in [-0.25, -0.2) is 4.79 Å². The summed E-state index contributed by atoms with van der Waals surface area (Å²) in [5.74, 6) is -1.82. The molecule has 0 aromatic heterocycles. The Morgan fingerprint density at radius 2 is 1.65 bits per heavy atom. The molecule has 0 fully saturated rings. The van der Waals surface area contributed by atoms with Gasteiger partial charge in [0.15, 0.2) is 6.10 Å². The van der Waals surface area contributed by atoms with Gasteiger partial charge in [0.2, 0.25) is 5.91 Å². The number of ether oxygens (including phenoxy) is 1. The standard InChI is InChI=1S/C26H26Cl2N2O4/c1-15(2)24(30-23(31)13-18-9-6-8-17-7-4-5-10-20(17)18)26(33)34-16(3)25(32)29-22-14-19(27)11-12-21(22)28/h4-12,14-16,24H,13H2,1-3H3,(H,29,32)(H,30,31)/t16-,24-/m1/s1. The van der Waals surface area contributed by atoms with Gasteiger partial charge in [0.1, 0.15) is 6.04 Å². The van der Waals surface area contributed by atoms with E-state index in [-0.39, 0.29) is 18.2 Å². The Bertz CT molecular complexity index is 1210. The fraction of sp³-hybridized carbons (Fsp3) is 0.269. The second-order valence-electron chi connectivity index (χ2n) is 8.30. The van der Waals surface area contributed by atoms with Gasteiger partial charge in [-0.05, 0) is 47.4 Å². The van der Waals surface area contributed by atoms with Gasteiger partial charge >= 0.3 is 5.97 Å². The zero-order chi connectivity index (χ0) is 24.8. The lowest BCUT2D eigenvalue weighted by atomic mass is 10.0. The van der Waals surface area contributed by atoms with Gasteiger partial charge in [0.25, 0.3) is 5.91 Å². The first kappa shape index (κ1) is 25.5. The number of hydrogen-bond acceptors (Lipinski definition) is 4. The van der Waals surface area contributed by atoms with E-state index in [1.165, 1.54) is 13.0 Å². The number of hydrogen-bond donors (Lipinski definition) is 2. The van der Waals surface area contributed by atoms with Gasteiger partial charge in [-0.15, -0.1) is 0 Å². The lowest BCUT2D eigenvalue weighted by Crippen LogP contribution is -2.47. The van der Waals surface area contributed by atoms with Crippen molar-refractivity contribution < 1.29 is 19.1 Å². The van der Waals surface area contributed by atoms with E-state index in [4.69, 9.17) is 27.9 Å². The maximum Gasteiger partial charge on any atom is 0.329 e. The average Bonchev–Trinajstić information content (AvgIpc) is 2.79. The van der Waals surface area contributed by atoms with Crippen molar-refractivity contribution in [1.82, 2.24) is 5.32 Å². The molecule has 6 nitrogen and oxygen atoms in total. The van der Waals surface area contributed by atoms with Crippen LogP contribution in [-0.2, 0) is 25.5 Å². The van der Waals surface area contributed by atoms with Crippen molar-refractivity contribution in [1.29, 1.82) is 0 Å². The van der Waals surface area contributed by atoms with Gasteiger partial charge in [-0.3, -0.25) is 9.59 Å². The van der Waals surface area contributed by atoms with E-state index in [1.54, 1.807) is 26.0 Å². The Kier molecular flexibility index (Phi) is 8.53. The highest BCUT2D eigenvalue weighted by molar-refractivity contribution is 6.35. The Morgan fingerprint density at radius 1 is 0.941 bits per heavy atom. The largest absolute Gasteiger partial charge is 0.451 e. The highest BCUT2D eigenvalue weighted by Crippen LogP contribution is 2.25. The summed E-state index contributed by atoms with van der Waals surface area (Å²) in [7, 11) is 0. The molecule has 0 aliphatic heterocycles. The van der Waals surface area contributed by atoms with Crippen LogP contribution in [0, 0.1) is 5.92 Å². The molecule has 0 unspecified atom stereocenters. The molecule has 178 valence electrons. The highest BCUT2D eigenvalue weighted by atomic mass is 35.5. The van der Waals surface area contributed by atoms with Crippen LogP contribution in [0.3, 0.4) is 0 Å². The fourth-order valence-corrected chi connectivity index (χ4v) is 3.81. The Labute approximate surface area is 208 Å². The van der Waals surface area contributed by atoms with Crippen molar-refractivity contribution in [3.05, 3.63) is 76.3 Å². The van der Waals surface area contributed by atoms with Crippen LogP contribution in [0.1, 0.15) is 26.3 Å². The van der Waals surface area contributed by atoms with Crippen molar-refractivity contribution in [2.75, 3.05) is 5.32 Å². The third-order valence-electron chi connectivity index (χ3n) is 5.32. The monoisotopic (exact) mass is 500 g/mol. The van der Waals surface area contributed by atoms with Crippen LogP contribution < -0.4 is 10.6 Å². The third kappa shape index (κ3) is 6.49. The maximum atomic E-state index is 12.8. The molecule has 0 bridgehead atoms. The predicted molar refractivity (Wildman–Crippen MR) is 135 cm³/mol. The zero-order valence-corrected chi connectivity index (χ0v) is 20.6. The molecule has 2 amide bonds. The summed E-state index contributed by atoms with van der Waals surface area (Å²) in [5.41, 5.74) is 1.17. The van der Waals surface area contributed by atoms with Crippen molar-refractivity contribution in [2.45, 2.75) is 39.3 Å². The molecule has 3 aromatic rings. The lowest BCUT2D eigenvalue weighted by Gasteiger charge is -2.23. The molecule has 2 atom stereocenters. The molecule has 0 saturated heterocycles. The van der Waals surface area contributed by atoms with E-state index in [9.17, 15) is 14.4 Å². The smallest absolute Gasteiger partial charge is 0.329 e. The van der Waals surface area contributed by atoms with Crippen LogP contribution in [0.5, 0.6) is 0 Å². The summed E-state index contributed by atoms with van der Waals surface area (Å²) in [6.07, 6.45) is -1.000. The third-order valence-corrected chi connectivity index (χ3v) is 5.88. The number of amides is 2. The number of nitrogens with one attached hydrogen (secondary N) is 2. The molecule has 0 saturated carbocycles. The average molecular weight is 501 g/mol. The number of carbonyl (C=O) groups is 3. The SMILES string of the molecule is CC(C)[C@@H](NC(=O)Cc1cccc2ccccc12)C(=O)O[C@H](C)C(=O)Nc1cc(Cl)ccc1Cl. The molecule has 0 heterocycles. The number of anilines is 1. The molecule has 8 heteroatoms.